The number of nitrogen functional groups attached to an aromatic ring is 1. The van der Waals surface area contributed by atoms with Gasteiger partial charge in [0.1, 0.15) is 0 Å². The van der Waals surface area contributed by atoms with Crippen LogP contribution in [-0.4, -0.2) is 14.7 Å². The van der Waals surface area contributed by atoms with Crippen molar-refractivity contribution < 1.29 is 8.42 Å². The van der Waals surface area contributed by atoms with Crippen molar-refractivity contribution in [1.82, 2.24) is 0 Å². The minimum absolute atomic E-state index is 0.231. The Bertz CT molecular complexity index is 696. The molecule has 2 aromatic rings. The monoisotopic (exact) mass is 360 g/mol. The summed E-state index contributed by atoms with van der Waals surface area (Å²) in [5.74, 6) is 0. The van der Waals surface area contributed by atoms with E-state index in [0.717, 1.165) is 16.4 Å². The SMILES string of the molecule is CS(=O)(=O)c1ccc(NCc2cc(Br)cs2)c(N)c1. The first-order valence-corrected chi connectivity index (χ1v) is 8.99. The van der Waals surface area contributed by atoms with E-state index in [1.54, 1.807) is 23.5 Å². The number of rotatable bonds is 4. The molecule has 19 heavy (non-hydrogen) atoms. The number of sulfone groups is 1. The first kappa shape index (κ1) is 14.4. The highest BCUT2D eigenvalue weighted by Gasteiger charge is 2.09. The molecular formula is C12H13BrN2O2S2. The third kappa shape index (κ3) is 3.71. The maximum Gasteiger partial charge on any atom is 0.175 e. The summed E-state index contributed by atoms with van der Waals surface area (Å²) in [6.07, 6.45) is 1.16. The molecule has 2 rings (SSSR count). The number of nitrogens with one attached hydrogen (secondary N) is 1. The summed E-state index contributed by atoms with van der Waals surface area (Å²) >= 11 is 5.03. The lowest BCUT2D eigenvalue weighted by Gasteiger charge is -2.09. The molecule has 102 valence electrons. The van der Waals surface area contributed by atoms with Crippen molar-refractivity contribution in [2.45, 2.75) is 11.4 Å². The average molecular weight is 361 g/mol. The quantitative estimate of drug-likeness (QED) is 0.821. The molecule has 1 aromatic heterocycles. The van der Waals surface area contributed by atoms with Crippen LogP contribution in [0.4, 0.5) is 11.4 Å². The van der Waals surface area contributed by atoms with E-state index in [1.807, 2.05) is 11.4 Å². The van der Waals surface area contributed by atoms with Crippen LogP contribution in [-0.2, 0) is 16.4 Å². The highest BCUT2D eigenvalue weighted by atomic mass is 79.9. The predicted octanol–water partition coefficient (Wildman–Crippen LogP) is 3.11. The largest absolute Gasteiger partial charge is 0.397 e. The van der Waals surface area contributed by atoms with E-state index in [9.17, 15) is 8.42 Å². The Kier molecular flexibility index (Phi) is 4.17. The van der Waals surface area contributed by atoms with Crippen molar-refractivity contribution in [2.24, 2.45) is 0 Å². The lowest BCUT2D eigenvalue weighted by Crippen LogP contribution is -2.04. The van der Waals surface area contributed by atoms with Gasteiger partial charge in [-0.2, -0.15) is 0 Å². The number of benzene rings is 1. The lowest BCUT2D eigenvalue weighted by atomic mass is 10.2. The van der Waals surface area contributed by atoms with Gasteiger partial charge in [0.25, 0.3) is 0 Å². The van der Waals surface area contributed by atoms with Gasteiger partial charge in [0.2, 0.25) is 0 Å². The molecule has 3 N–H and O–H groups in total. The van der Waals surface area contributed by atoms with Gasteiger partial charge < -0.3 is 11.1 Å². The predicted molar refractivity (Wildman–Crippen MR) is 83.3 cm³/mol. The number of anilines is 2. The molecule has 0 radical (unpaired) electrons. The third-order valence-corrected chi connectivity index (χ3v) is 5.33. The van der Waals surface area contributed by atoms with E-state index in [2.05, 4.69) is 21.2 Å². The topological polar surface area (TPSA) is 72.2 Å². The van der Waals surface area contributed by atoms with Crippen LogP contribution in [0.15, 0.2) is 39.0 Å². The standard InChI is InChI=1S/C12H13BrN2O2S2/c1-19(16,17)10-2-3-12(11(14)5-10)15-6-9-4-8(13)7-18-9/h2-5,7,15H,6,14H2,1H3. The number of thiophene rings is 1. The first-order chi connectivity index (χ1) is 8.86. The van der Waals surface area contributed by atoms with Crippen molar-refractivity contribution in [3.8, 4) is 0 Å². The highest BCUT2D eigenvalue weighted by Crippen LogP contribution is 2.25. The zero-order chi connectivity index (χ0) is 14.0. The molecule has 0 unspecified atom stereocenters. The summed E-state index contributed by atoms with van der Waals surface area (Å²) < 4.78 is 23.8. The van der Waals surface area contributed by atoms with E-state index >= 15 is 0 Å². The second-order valence-electron chi connectivity index (χ2n) is 4.11. The molecule has 0 saturated carbocycles. The van der Waals surface area contributed by atoms with Gasteiger partial charge in [-0.1, -0.05) is 0 Å². The van der Waals surface area contributed by atoms with E-state index < -0.39 is 9.84 Å². The van der Waals surface area contributed by atoms with Gasteiger partial charge in [0.05, 0.1) is 16.3 Å². The summed E-state index contributed by atoms with van der Waals surface area (Å²) in [7, 11) is -3.22. The van der Waals surface area contributed by atoms with E-state index in [0.29, 0.717) is 12.2 Å². The molecule has 0 saturated heterocycles. The zero-order valence-electron chi connectivity index (χ0n) is 10.2. The minimum Gasteiger partial charge on any atom is -0.397 e. The summed E-state index contributed by atoms with van der Waals surface area (Å²) in [6.45, 7) is 0.651. The van der Waals surface area contributed by atoms with E-state index in [-0.39, 0.29) is 4.90 Å². The Labute approximate surface area is 124 Å². The number of hydrogen-bond acceptors (Lipinski definition) is 5. The van der Waals surface area contributed by atoms with Gasteiger partial charge in [0, 0.05) is 27.5 Å². The average Bonchev–Trinajstić information content (AvgIpc) is 2.72. The molecule has 0 aliphatic heterocycles. The fraction of sp³-hybridized carbons (Fsp3) is 0.167. The fourth-order valence-electron chi connectivity index (χ4n) is 1.56. The van der Waals surface area contributed by atoms with Crippen LogP contribution in [0.25, 0.3) is 0 Å². The Balaban J connectivity index is 2.14. The maximum atomic E-state index is 11.4. The highest BCUT2D eigenvalue weighted by molar-refractivity contribution is 9.10. The van der Waals surface area contributed by atoms with Crippen molar-refractivity contribution >= 4 is 48.5 Å². The minimum atomic E-state index is -3.22. The molecule has 7 heteroatoms. The number of halogens is 1. The van der Waals surface area contributed by atoms with Crippen LogP contribution in [0.5, 0.6) is 0 Å². The van der Waals surface area contributed by atoms with Gasteiger partial charge in [-0.15, -0.1) is 11.3 Å². The third-order valence-electron chi connectivity index (χ3n) is 2.53. The normalized spacial score (nSPS) is 11.5. The molecule has 1 aromatic carbocycles. The maximum absolute atomic E-state index is 11.4. The van der Waals surface area contributed by atoms with Crippen LogP contribution in [0.1, 0.15) is 4.88 Å². The summed E-state index contributed by atoms with van der Waals surface area (Å²) in [6, 6.07) is 6.74. The summed E-state index contributed by atoms with van der Waals surface area (Å²) in [5.41, 5.74) is 7.02. The molecule has 0 bridgehead atoms. The molecule has 0 amide bonds. The van der Waals surface area contributed by atoms with Gasteiger partial charge in [-0.05, 0) is 40.2 Å². The van der Waals surface area contributed by atoms with Crippen molar-refractivity contribution in [2.75, 3.05) is 17.3 Å². The van der Waals surface area contributed by atoms with Gasteiger partial charge >= 0.3 is 0 Å². The summed E-state index contributed by atoms with van der Waals surface area (Å²) in [5, 5.41) is 5.20. The van der Waals surface area contributed by atoms with Crippen molar-refractivity contribution in [3.05, 3.63) is 39.0 Å². The second-order valence-corrected chi connectivity index (χ2v) is 8.03. The Morgan fingerprint density at radius 1 is 1.37 bits per heavy atom. The molecular weight excluding hydrogens is 348 g/mol. The summed E-state index contributed by atoms with van der Waals surface area (Å²) in [4.78, 5) is 1.40. The van der Waals surface area contributed by atoms with Crippen LogP contribution < -0.4 is 11.1 Å². The first-order valence-electron chi connectivity index (χ1n) is 5.42. The van der Waals surface area contributed by atoms with Crippen LogP contribution >= 0.6 is 27.3 Å². The molecule has 4 nitrogen and oxygen atoms in total. The van der Waals surface area contributed by atoms with Gasteiger partial charge in [-0.25, -0.2) is 8.42 Å². The molecule has 0 fully saturated rings. The van der Waals surface area contributed by atoms with E-state index in [4.69, 9.17) is 5.73 Å². The Morgan fingerprint density at radius 3 is 2.63 bits per heavy atom. The molecule has 0 aliphatic rings. The number of hydrogen-bond donors (Lipinski definition) is 2. The van der Waals surface area contributed by atoms with Gasteiger partial charge in [-0.3, -0.25) is 0 Å². The molecule has 0 atom stereocenters. The van der Waals surface area contributed by atoms with Gasteiger partial charge in [0.15, 0.2) is 9.84 Å². The van der Waals surface area contributed by atoms with Crippen LogP contribution in [0, 0.1) is 0 Å². The lowest BCUT2D eigenvalue weighted by molar-refractivity contribution is 0.602. The van der Waals surface area contributed by atoms with Crippen molar-refractivity contribution in [1.29, 1.82) is 0 Å². The van der Waals surface area contributed by atoms with Crippen molar-refractivity contribution in [3.63, 3.8) is 0 Å². The fourth-order valence-corrected chi connectivity index (χ4v) is 3.61. The van der Waals surface area contributed by atoms with Crippen LogP contribution in [0.3, 0.4) is 0 Å². The smallest absolute Gasteiger partial charge is 0.175 e. The molecule has 1 heterocycles. The van der Waals surface area contributed by atoms with E-state index in [1.165, 1.54) is 10.9 Å². The van der Waals surface area contributed by atoms with Crippen LogP contribution in [0.2, 0.25) is 0 Å². The second kappa shape index (κ2) is 5.52. The zero-order valence-corrected chi connectivity index (χ0v) is 13.4. The molecule has 0 aliphatic carbocycles. The Hall–Kier alpha value is -1.05. The number of nitrogens with two attached hydrogens (primary N) is 1. The Morgan fingerprint density at radius 2 is 2.11 bits per heavy atom. The molecule has 0 spiro atoms.